The highest BCUT2D eigenvalue weighted by molar-refractivity contribution is 6.17. The Morgan fingerprint density at radius 3 is 2.00 bits per heavy atom. The van der Waals surface area contributed by atoms with Gasteiger partial charge in [-0.05, 0) is 49.2 Å². The summed E-state index contributed by atoms with van der Waals surface area (Å²) in [7, 11) is 0. The Balaban J connectivity index is 1.72. The fourth-order valence-electron chi connectivity index (χ4n) is 1.97. The predicted molar refractivity (Wildman–Crippen MR) is 87.6 cm³/mol. The third kappa shape index (κ3) is 6.09. The van der Waals surface area contributed by atoms with E-state index < -0.39 is 0 Å². The zero-order valence-electron chi connectivity index (χ0n) is 12.1. The second-order valence-electron chi connectivity index (χ2n) is 4.84. The van der Waals surface area contributed by atoms with Gasteiger partial charge in [0.1, 0.15) is 17.2 Å². The van der Waals surface area contributed by atoms with Crippen molar-refractivity contribution in [1.82, 2.24) is 0 Å². The molecule has 0 N–H and O–H groups in total. The average molecular weight is 305 g/mol. The molecule has 0 spiro atoms. The highest BCUT2D eigenvalue weighted by Gasteiger charge is 1.98. The van der Waals surface area contributed by atoms with Crippen molar-refractivity contribution in [3.8, 4) is 17.2 Å². The van der Waals surface area contributed by atoms with Gasteiger partial charge in [0, 0.05) is 5.88 Å². The van der Waals surface area contributed by atoms with E-state index in [4.69, 9.17) is 21.1 Å². The van der Waals surface area contributed by atoms with Crippen LogP contribution in [0.25, 0.3) is 0 Å². The minimum absolute atomic E-state index is 0.751. The largest absolute Gasteiger partial charge is 0.494 e. The molecule has 0 unspecified atom stereocenters. The van der Waals surface area contributed by atoms with E-state index in [2.05, 4.69) is 0 Å². The number of hydrogen-bond donors (Lipinski definition) is 0. The summed E-state index contributed by atoms with van der Waals surface area (Å²) in [5, 5.41) is 0. The van der Waals surface area contributed by atoms with Gasteiger partial charge < -0.3 is 9.47 Å². The first kappa shape index (κ1) is 15.7. The van der Waals surface area contributed by atoms with Crippen LogP contribution in [0.15, 0.2) is 54.6 Å². The molecule has 0 saturated carbocycles. The molecule has 2 rings (SSSR count). The molecule has 0 atom stereocenters. The summed E-state index contributed by atoms with van der Waals surface area (Å²) in [5.41, 5.74) is 0. The Labute approximate surface area is 131 Å². The molecule has 2 aromatic carbocycles. The average Bonchev–Trinajstić information content (AvgIpc) is 2.53. The number of hydrogen-bond acceptors (Lipinski definition) is 2. The lowest BCUT2D eigenvalue weighted by molar-refractivity contribution is 0.304. The van der Waals surface area contributed by atoms with Gasteiger partial charge in [0.25, 0.3) is 0 Å². The normalized spacial score (nSPS) is 10.3. The van der Waals surface area contributed by atoms with Crippen molar-refractivity contribution in [2.24, 2.45) is 0 Å². The Morgan fingerprint density at radius 1 is 0.667 bits per heavy atom. The van der Waals surface area contributed by atoms with E-state index in [-0.39, 0.29) is 0 Å². The molecule has 0 aliphatic heterocycles. The summed E-state index contributed by atoms with van der Waals surface area (Å²) >= 11 is 5.64. The summed E-state index contributed by atoms with van der Waals surface area (Å²) < 4.78 is 11.4. The molecule has 2 aromatic rings. The van der Waals surface area contributed by atoms with Crippen LogP contribution in [0, 0.1) is 0 Å². The lowest BCUT2D eigenvalue weighted by atomic mass is 10.2. The number of rotatable bonds is 9. The van der Waals surface area contributed by atoms with E-state index in [1.165, 1.54) is 12.8 Å². The van der Waals surface area contributed by atoms with Crippen LogP contribution in [0.1, 0.15) is 25.7 Å². The van der Waals surface area contributed by atoms with Gasteiger partial charge in [-0.15, -0.1) is 11.6 Å². The van der Waals surface area contributed by atoms with Crippen molar-refractivity contribution in [1.29, 1.82) is 0 Å². The van der Waals surface area contributed by atoms with Gasteiger partial charge >= 0.3 is 0 Å². The Hall–Kier alpha value is -1.67. The maximum Gasteiger partial charge on any atom is 0.127 e. The van der Waals surface area contributed by atoms with E-state index in [1.807, 2.05) is 54.6 Å². The monoisotopic (exact) mass is 304 g/mol. The van der Waals surface area contributed by atoms with Gasteiger partial charge in [-0.2, -0.15) is 0 Å². The molecule has 0 fully saturated rings. The number of unbranched alkanes of at least 4 members (excludes halogenated alkanes) is 3. The second kappa shape index (κ2) is 9.30. The van der Waals surface area contributed by atoms with E-state index in [0.29, 0.717) is 0 Å². The maximum absolute atomic E-state index is 5.74. The maximum atomic E-state index is 5.74. The predicted octanol–water partition coefficient (Wildman–Crippen LogP) is 5.66. The summed E-state index contributed by atoms with van der Waals surface area (Å²) in [6, 6.07) is 17.5. The number of alkyl halides is 1. The zero-order chi connectivity index (χ0) is 14.8. The Morgan fingerprint density at radius 2 is 1.29 bits per heavy atom. The van der Waals surface area contributed by atoms with Gasteiger partial charge in [0.2, 0.25) is 0 Å². The van der Waals surface area contributed by atoms with Gasteiger partial charge in [0.15, 0.2) is 0 Å². The summed E-state index contributed by atoms with van der Waals surface area (Å²) in [4.78, 5) is 0. The zero-order valence-corrected chi connectivity index (χ0v) is 12.9. The summed E-state index contributed by atoms with van der Waals surface area (Å²) in [6.45, 7) is 0.751. The van der Waals surface area contributed by atoms with Crippen LogP contribution in [0.3, 0.4) is 0 Å². The van der Waals surface area contributed by atoms with Gasteiger partial charge in [-0.25, -0.2) is 0 Å². The smallest absolute Gasteiger partial charge is 0.127 e. The van der Waals surface area contributed by atoms with E-state index in [9.17, 15) is 0 Å². The molecule has 0 aliphatic rings. The highest BCUT2D eigenvalue weighted by Crippen LogP contribution is 2.23. The first-order valence-corrected chi connectivity index (χ1v) is 7.93. The topological polar surface area (TPSA) is 18.5 Å². The molecule has 0 saturated heterocycles. The number of benzene rings is 2. The number of ether oxygens (including phenoxy) is 2. The van der Waals surface area contributed by atoms with E-state index in [0.717, 1.165) is 42.6 Å². The number of para-hydroxylation sites is 1. The van der Waals surface area contributed by atoms with Crippen molar-refractivity contribution in [2.45, 2.75) is 25.7 Å². The molecule has 0 aromatic heterocycles. The van der Waals surface area contributed by atoms with Crippen LogP contribution in [-0.4, -0.2) is 12.5 Å². The van der Waals surface area contributed by atoms with Crippen molar-refractivity contribution in [3.05, 3.63) is 54.6 Å². The lowest BCUT2D eigenvalue weighted by Gasteiger charge is -2.08. The van der Waals surface area contributed by atoms with Crippen molar-refractivity contribution in [2.75, 3.05) is 12.5 Å². The molecule has 0 bridgehead atoms. The molecule has 21 heavy (non-hydrogen) atoms. The van der Waals surface area contributed by atoms with Crippen LogP contribution in [0.4, 0.5) is 0 Å². The molecule has 112 valence electrons. The third-order valence-corrected chi connectivity index (χ3v) is 3.37. The van der Waals surface area contributed by atoms with Crippen molar-refractivity contribution < 1.29 is 9.47 Å². The minimum atomic E-state index is 0.751. The van der Waals surface area contributed by atoms with Gasteiger partial charge in [-0.3, -0.25) is 0 Å². The highest BCUT2D eigenvalue weighted by atomic mass is 35.5. The molecule has 3 heteroatoms. The lowest BCUT2D eigenvalue weighted by Crippen LogP contribution is -1.97. The molecular formula is C18H21ClO2. The third-order valence-electron chi connectivity index (χ3n) is 3.10. The van der Waals surface area contributed by atoms with E-state index >= 15 is 0 Å². The van der Waals surface area contributed by atoms with Crippen LogP contribution < -0.4 is 9.47 Å². The van der Waals surface area contributed by atoms with Crippen LogP contribution in [0.2, 0.25) is 0 Å². The van der Waals surface area contributed by atoms with Crippen molar-refractivity contribution in [3.63, 3.8) is 0 Å². The molecule has 0 aliphatic carbocycles. The molecule has 0 radical (unpaired) electrons. The van der Waals surface area contributed by atoms with Gasteiger partial charge in [-0.1, -0.05) is 31.0 Å². The summed E-state index contributed by atoms with van der Waals surface area (Å²) in [5.74, 6) is 3.29. The summed E-state index contributed by atoms with van der Waals surface area (Å²) in [6.07, 6.45) is 4.50. The minimum Gasteiger partial charge on any atom is -0.494 e. The van der Waals surface area contributed by atoms with Crippen LogP contribution in [-0.2, 0) is 0 Å². The Kier molecular flexibility index (Phi) is 6.96. The Bertz CT molecular complexity index is 496. The quantitative estimate of drug-likeness (QED) is 0.440. The second-order valence-corrected chi connectivity index (χ2v) is 5.22. The van der Waals surface area contributed by atoms with Crippen molar-refractivity contribution >= 4 is 11.6 Å². The van der Waals surface area contributed by atoms with Crippen LogP contribution in [0.5, 0.6) is 17.2 Å². The molecule has 0 heterocycles. The standard InChI is InChI=1S/C18H21ClO2/c19-14-6-1-2-7-15-20-16-10-12-18(13-11-16)21-17-8-4-3-5-9-17/h3-5,8-13H,1-2,6-7,14-15H2. The number of halogens is 1. The fraction of sp³-hybridized carbons (Fsp3) is 0.333. The fourth-order valence-corrected chi connectivity index (χ4v) is 2.16. The first-order chi connectivity index (χ1) is 10.4. The molecular weight excluding hydrogens is 284 g/mol. The first-order valence-electron chi connectivity index (χ1n) is 7.40. The van der Waals surface area contributed by atoms with Gasteiger partial charge in [0.05, 0.1) is 6.61 Å². The SMILES string of the molecule is ClCCCCCCOc1ccc(Oc2ccccc2)cc1. The molecule has 0 amide bonds. The molecule has 2 nitrogen and oxygen atoms in total. The van der Waals surface area contributed by atoms with Crippen LogP contribution >= 0.6 is 11.6 Å². The van der Waals surface area contributed by atoms with E-state index in [1.54, 1.807) is 0 Å².